The zero-order chi connectivity index (χ0) is 17.7. The van der Waals surface area contributed by atoms with Crippen LogP contribution in [0, 0.1) is 23.7 Å². The monoisotopic (exact) mass is 346 g/mol. The van der Waals surface area contributed by atoms with E-state index in [-0.39, 0.29) is 0 Å². The Labute approximate surface area is 159 Å². The number of hydrogen-bond acceptors (Lipinski definition) is 0. The zero-order valence-electron chi connectivity index (χ0n) is 17.3. The van der Waals surface area contributed by atoms with Gasteiger partial charge in [-0.25, -0.2) is 0 Å². The van der Waals surface area contributed by atoms with Crippen LogP contribution in [0.25, 0.3) is 0 Å². The average Bonchev–Trinajstić information content (AvgIpc) is 2.66. The van der Waals surface area contributed by atoms with Gasteiger partial charge in [-0.2, -0.15) is 0 Å². The van der Waals surface area contributed by atoms with Crippen LogP contribution in [0.5, 0.6) is 0 Å². The van der Waals surface area contributed by atoms with Gasteiger partial charge in [0.1, 0.15) is 0 Å². The molecule has 0 N–H and O–H groups in total. The second-order valence-corrected chi connectivity index (χ2v) is 9.42. The highest BCUT2D eigenvalue weighted by atomic mass is 14.3. The first-order valence-electron chi connectivity index (χ1n) is 11.9. The summed E-state index contributed by atoms with van der Waals surface area (Å²) in [6.45, 7) is 6.19. The van der Waals surface area contributed by atoms with E-state index in [2.05, 4.69) is 19.6 Å². The van der Waals surface area contributed by atoms with Gasteiger partial charge in [0.25, 0.3) is 0 Å². The third kappa shape index (κ3) is 8.78. The normalized spacial score (nSPS) is 30.3. The van der Waals surface area contributed by atoms with Crippen molar-refractivity contribution in [3.63, 3.8) is 0 Å². The molecule has 0 saturated heterocycles. The van der Waals surface area contributed by atoms with Crippen LogP contribution < -0.4 is 0 Å². The van der Waals surface area contributed by atoms with Gasteiger partial charge in [-0.15, -0.1) is 6.58 Å². The van der Waals surface area contributed by atoms with Gasteiger partial charge >= 0.3 is 0 Å². The van der Waals surface area contributed by atoms with Gasteiger partial charge in [0.2, 0.25) is 0 Å². The van der Waals surface area contributed by atoms with Crippen molar-refractivity contribution in [2.75, 3.05) is 0 Å². The van der Waals surface area contributed by atoms with Crippen molar-refractivity contribution >= 4 is 0 Å². The lowest BCUT2D eigenvalue weighted by Gasteiger charge is -2.30. The lowest BCUT2D eigenvalue weighted by molar-refractivity contribution is 0.232. The van der Waals surface area contributed by atoms with E-state index in [1.165, 1.54) is 89.9 Å². The van der Waals surface area contributed by atoms with Crippen LogP contribution >= 0.6 is 0 Å². The Morgan fingerprint density at radius 3 is 1.32 bits per heavy atom. The first-order valence-corrected chi connectivity index (χ1v) is 11.9. The first-order chi connectivity index (χ1) is 12.3. The molecular formula is C25H46. The summed E-state index contributed by atoms with van der Waals surface area (Å²) in [5, 5.41) is 0. The van der Waals surface area contributed by atoms with Crippen LogP contribution in [0.1, 0.15) is 122 Å². The molecule has 0 radical (unpaired) electrons. The summed E-state index contributed by atoms with van der Waals surface area (Å²) in [5.41, 5.74) is 0. The number of unbranched alkanes of at least 4 members (excludes halogenated alkanes) is 3. The SMILES string of the molecule is C=CCCC1CCC(CCCC[C@H]2CC[C@H](CCCCC)CC2)CC1. The molecule has 146 valence electrons. The highest BCUT2D eigenvalue weighted by molar-refractivity contribution is 4.77. The third-order valence-corrected chi connectivity index (χ3v) is 7.40. The molecule has 2 aliphatic carbocycles. The smallest absolute Gasteiger partial charge is 0.0351 e. The van der Waals surface area contributed by atoms with Crippen LogP contribution in [0.4, 0.5) is 0 Å². The lowest BCUT2D eigenvalue weighted by atomic mass is 9.76. The molecule has 2 rings (SSSR count). The first kappa shape index (κ1) is 21.0. The molecule has 2 aliphatic rings. The van der Waals surface area contributed by atoms with Gasteiger partial charge < -0.3 is 0 Å². The largest absolute Gasteiger partial charge is 0.103 e. The summed E-state index contributed by atoms with van der Waals surface area (Å²) in [5.74, 6) is 4.24. The quantitative estimate of drug-likeness (QED) is 0.245. The van der Waals surface area contributed by atoms with Crippen molar-refractivity contribution < 1.29 is 0 Å². The molecule has 0 bridgehead atoms. The summed E-state index contributed by atoms with van der Waals surface area (Å²) < 4.78 is 0. The van der Waals surface area contributed by atoms with Crippen molar-refractivity contribution in [3.8, 4) is 0 Å². The lowest BCUT2D eigenvalue weighted by Crippen LogP contribution is -2.15. The van der Waals surface area contributed by atoms with E-state index >= 15 is 0 Å². The van der Waals surface area contributed by atoms with Crippen LogP contribution in [0.2, 0.25) is 0 Å². The van der Waals surface area contributed by atoms with E-state index in [1.807, 2.05) is 0 Å². The highest BCUT2D eigenvalue weighted by Crippen LogP contribution is 2.36. The summed E-state index contributed by atoms with van der Waals surface area (Å²) in [6, 6.07) is 0. The molecule has 0 atom stereocenters. The van der Waals surface area contributed by atoms with Crippen molar-refractivity contribution in [2.24, 2.45) is 23.7 Å². The second kappa shape index (κ2) is 13.0. The maximum atomic E-state index is 3.87. The summed E-state index contributed by atoms with van der Waals surface area (Å²) >= 11 is 0. The Kier molecular flexibility index (Phi) is 10.9. The minimum absolute atomic E-state index is 1.02. The van der Waals surface area contributed by atoms with E-state index in [0.717, 1.165) is 23.7 Å². The fraction of sp³-hybridized carbons (Fsp3) is 0.920. The molecule has 2 saturated carbocycles. The van der Waals surface area contributed by atoms with Crippen molar-refractivity contribution in [3.05, 3.63) is 12.7 Å². The Morgan fingerprint density at radius 1 is 0.600 bits per heavy atom. The minimum Gasteiger partial charge on any atom is -0.103 e. The predicted molar refractivity (Wildman–Crippen MR) is 113 cm³/mol. The fourth-order valence-corrected chi connectivity index (χ4v) is 5.52. The number of allylic oxidation sites excluding steroid dienone is 1. The molecule has 0 aromatic carbocycles. The number of rotatable bonds is 12. The highest BCUT2D eigenvalue weighted by Gasteiger charge is 2.22. The van der Waals surface area contributed by atoms with Gasteiger partial charge in [-0.3, -0.25) is 0 Å². The van der Waals surface area contributed by atoms with E-state index in [4.69, 9.17) is 0 Å². The van der Waals surface area contributed by atoms with Gasteiger partial charge in [0, 0.05) is 0 Å². The minimum atomic E-state index is 1.02. The molecule has 0 unspecified atom stereocenters. The molecule has 0 amide bonds. The molecule has 0 nitrogen and oxygen atoms in total. The van der Waals surface area contributed by atoms with E-state index < -0.39 is 0 Å². The van der Waals surface area contributed by atoms with Gasteiger partial charge in [-0.1, -0.05) is 116 Å². The van der Waals surface area contributed by atoms with Gasteiger partial charge in [0.15, 0.2) is 0 Å². The summed E-state index contributed by atoms with van der Waals surface area (Å²) in [6.07, 6.45) is 28.9. The van der Waals surface area contributed by atoms with Crippen LogP contribution in [-0.4, -0.2) is 0 Å². The standard InChI is InChI=1S/C25H46/c1-3-5-7-11-23-18-20-25(21-19-23)13-9-8-12-24-16-14-22(15-17-24)10-6-4-2/h4,22-25H,2-3,5-21H2,1H3/t22?,23-,24?,25-. The number of hydrogen-bond donors (Lipinski definition) is 0. The predicted octanol–water partition coefficient (Wildman–Crippen LogP) is 8.71. The van der Waals surface area contributed by atoms with E-state index in [0.29, 0.717) is 0 Å². The average molecular weight is 347 g/mol. The third-order valence-electron chi connectivity index (χ3n) is 7.40. The Bertz CT molecular complexity index is 315. The van der Waals surface area contributed by atoms with Crippen LogP contribution in [0.15, 0.2) is 12.7 Å². The van der Waals surface area contributed by atoms with E-state index in [9.17, 15) is 0 Å². The molecule has 2 fully saturated rings. The van der Waals surface area contributed by atoms with Crippen molar-refractivity contribution in [1.82, 2.24) is 0 Å². The summed E-state index contributed by atoms with van der Waals surface area (Å²) in [7, 11) is 0. The Balaban J connectivity index is 1.44. The van der Waals surface area contributed by atoms with Gasteiger partial charge in [-0.05, 0) is 36.5 Å². The van der Waals surface area contributed by atoms with E-state index in [1.54, 1.807) is 25.7 Å². The van der Waals surface area contributed by atoms with Crippen LogP contribution in [0.3, 0.4) is 0 Å². The molecule has 0 heteroatoms. The molecule has 0 spiro atoms. The maximum Gasteiger partial charge on any atom is -0.0351 e. The summed E-state index contributed by atoms with van der Waals surface area (Å²) in [4.78, 5) is 0. The van der Waals surface area contributed by atoms with Gasteiger partial charge in [0.05, 0.1) is 0 Å². The molecule has 0 aromatic heterocycles. The Morgan fingerprint density at radius 2 is 0.960 bits per heavy atom. The van der Waals surface area contributed by atoms with Crippen molar-refractivity contribution in [1.29, 1.82) is 0 Å². The fourth-order valence-electron chi connectivity index (χ4n) is 5.52. The Hall–Kier alpha value is -0.260. The zero-order valence-corrected chi connectivity index (χ0v) is 17.3. The second-order valence-electron chi connectivity index (χ2n) is 9.42. The van der Waals surface area contributed by atoms with Crippen LogP contribution in [-0.2, 0) is 0 Å². The topological polar surface area (TPSA) is 0 Å². The van der Waals surface area contributed by atoms with Crippen molar-refractivity contribution in [2.45, 2.75) is 122 Å². The molecule has 0 aliphatic heterocycles. The molecular weight excluding hydrogens is 300 g/mol. The molecule has 0 aromatic rings. The maximum absolute atomic E-state index is 3.87. The molecule has 25 heavy (non-hydrogen) atoms. The molecule has 0 heterocycles.